The zero-order valence-electron chi connectivity index (χ0n) is 6.93. The van der Waals surface area contributed by atoms with Crippen LogP contribution in [0.2, 0.25) is 6.04 Å². The molecule has 0 N–H and O–H groups in total. The number of esters is 1. The monoisotopic (exact) mass is 226 g/mol. The smallest absolute Gasteiger partial charge is 0.330 e. The van der Waals surface area contributed by atoms with Crippen molar-refractivity contribution in [3.63, 3.8) is 0 Å². The number of ether oxygens (including phenoxy) is 1. The predicted octanol–water partition coefficient (Wildman–Crippen LogP) is 2.19. The minimum absolute atomic E-state index is 0.122. The fourth-order valence-electron chi connectivity index (χ4n) is 0.666. The van der Waals surface area contributed by atoms with Gasteiger partial charge >= 0.3 is 5.97 Å². The Morgan fingerprint density at radius 1 is 1.75 bits per heavy atom. The van der Waals surface area contributed by atoms with E-state index in [9.17, 15) is 4.79 Å². The summed E-state index contributed by atoms with van der Waals surface area (Å²) in [6.07, 6.45) is 1.75. The Kier molecular flexibility index (Phi) is 6.52. The highest BCUT2D eigenvalue weighted by Gasteiger charge is 2.09. The van der Waals surface area contributed by atoms with Crippen LogP contribution in [-0.2, 0) is 9.53 Å². The Hall–Kier alpha value is 0.00688. The van der Waals surface area contributed by atoms with Crippen LogP contribution in [0.15, 0.2) is 12.7 Å². The standard InChI is InChI=1S/C7H12Cl2O2Si/c1-3-7(10)11-6(2)4-5-12(8)9/h3,6,12H,1,4-5H2,2H3. The van der Waals surface area contributed by atoms with E-state index in [1.54, 1.807) is 0 Å². The number of carbonyl (C=O) groups excluding carboxylic acids is 1. The van der Waals surface area contributed by atoms with Crippen LogP contribution in [-0.4, -0.2) is 19.5 Å². The Bertz CT molecular complexity index is 161. The Balaban J connectivity index is 3.52. The molecule has 0 radical (unpaired) electrons. The Labute approximate surface area is 83.5 Å². The van der Waals surface area contributed by atoms with Gasteiger partial charge in [0.05, 0.1) is 6.10 Å². The van der Waals surface area contributed by atoms with Gasteiger partial charge in [-0.05, 0) is 19.4 Å². The van der Waals surface area contributed by atoms with Gasteiger partial charge in [-0.15, -0.1) is 0 Å². The molecule has 0 spiro atoms. The van der Waals surface area contributed by atoms with Gasteiger partial charge in [0.1, 0.15) is 0 Å². The molecule has 5 heteroatoms. The molecule has 70 valence electrons. The molecule has 0 saturated heterocycles. The van der Waals surface area contributed by atoms with Gasteiger partial charge in [-0.2, -0.15) is 22.2 Å². The molecule has 0 fully saturated rings. The van der Waals surface area contributed by atoms with Crippen molar-refractivity contribution in [2.75, 3.05) is 0 Å². The fraction of sp³-hybridized carbons (Fsp3) is 0.571. The maximum atomic E-state index is 10.7. The lowest BCUT2D eigenvalue weighted by atomic mass is 10.3. The maximum Gasteiger partial charge on any atom is 0.330 e. The predicted molar refractivity (Wildman–Crippen MR) is 54.0 cm³/mol. The van der Waals surface area contributed by atoms with Crippen LogP contribution in [0.4, 0.5) is 0 Å². The van der Waals surface area contributed by atoms with Gasteiger partial charge in [0.15, 0.2) is 0 Å². The third-order valence-corrected chi connectivity index (χ3v) is 3.35. The summed E-state index contributed by atoms with van der Waals surface area (Å²) in [5.41, 5.74) is 0. The molecule has 2 nitrogen and oxygen atoms in total. The van der Waals surface area contributed by atoms with Crippen LogP contribution in [0.1, 0.15) is 13.3 Å². The van der Waals surface area contributed by atoms with Gasteiger partial charge in [0.2, 0.25) is 7.42 Å². The molecule has 1 atom stereocenters. The van der Waals surface area contributed by atoms with E-state index in [0.717, 1.165) is 18.5 Å². The third-order valence-electron chi connectivity index (χ3n) is 1.28. The van der Waals surface area contributed by atoms with Crippen LogP contribution < -0.4 is 0 Å². The van der Waals surface area contributed by atoms with Crippen LogP contribution in [0.3, 0.4) is 0 Å². The van der Waals surface area contributed by atoms with Crippen molar-refractivity contribution in [3.05, 3.63) is 12.7 Å². The zero-order valence-corrected chi connectivity index (χ0v) is 9.59. The molecule has 12 heavy (non-hydrogen) atoms. The lowest BCUT2D eigenvalue weighted by Crippen LogP contribution is -2.13. The minimum Gasteiger partial charge on any atom is -0.460 e. The van der Waals surface area contributed by atoms with Gasteiger partial charge in [-0.3, -0.25) is 0 Å². The van der Waals surface area contributed by atoms with E-state index in [1.165, 1.54) is 0 Å². The maximum absolute atomic E-state index is 10.7. The van der Waals surface area contributed by atoms with Crippen molar-refractivity contribution in [2.24, 2.45) is 0 Å². The fourth-order valence-corrected chi connectivity index (χ4v) is 2.14. The molecule has 0 rings (SSSR count). The molecule has 0 aromatic heterocycles. The first-order valence-corrected chi connectivity index (χ1v) is 7.98. The molecule has 0 aromatic carbocycles. The summed E-state index contributed by atoms with van der Waals surface area (Å²) in [4.78, 5) is 10.7. The second kappa shape index (κ2) is 6.52. The topological polar surface area (TPSA) is 26.3 Å². The molecule has 0 bridgehead atoms. The third kappa shape index (κ3) is 6.70. The molecule has 0 aliphatic heterocycles. The van der Waals surface area contributed by atoms with Crippen molar-refractivity contribution in [3.8, 4) is 0 Å². The van der Waals surface area contributed by atoms with E-state index in [-0.39, 0.29) is 6.10 Å². The highest BCUT2D eigenvalue weighted by Crippen LogP contribution is 2.10. The van der Waals surface area contributed by atoms with E-state index in [0.29, 0.717) is 0 Å². The molecule has 0 saturated carbocycles. The number of halogens is 2. The van der Waals surface area contributed by atoms with Crippen molar-refractivity contribution in [1.82, 2.24) is 0 Å². The molecule has 0 aromatic rings. The summed E-state index contributed by atoms with van der Waals surface area (Å²) in [5.74, 6) is -0.398. The number of hydrogen-bond acceptors (Lipinski definition) is 2. The van der Waals surface area contributed by atoms with Crippen molar-refractivity contribution >= 4 is 35.5 Å². The highest BCUT2D eigenvalue weighted by molar-refractivity contribution is 7.33. The first kappa shape index (κ1) is 12.0. The summed E-state index contributed by atoms with van der Waals surface area (Å²) in [7, 11) is -1.55. The van der Waals surface area contributed by atoms with Crippen LogP contribution in [0.25, 0.3) is 0 Å². The molecule has 0 heterocycles. The molecule has 1 unspecified atom stereocenters. The highest BCUT2D eigenvalue weighted by atomic mass is 35.7. The van der Waals surface area contributed by atoms with E-state index in [4.69, 9.17) is 26.9 Å². The van der Waals surface area contributed by atoms with E-state index >= 15 is 0 Å². The van der Waals surface area contributed by atoms with Crippen LogP contribution >= 0.6 is 22.2 Å². The van der Waals surface area contributed by atoms with Gasteiger partial charge in [0.25, 0.3) is 0 Å². The van der Waals surface area contributed by atoms with Gasteiger partial charge in [0, 0.05) is 6.08 Å². The SMILES string of the molecule is C=CC(=O)OC(C)CC[SiH](Cl)Cl. The summed E-state index contributed by atoms with van der Waals surface area (Å²) >= 11 is 11.3. The quantitative estimate of drug-likeness (QED) is 0.311. The molecule has 0 aliphatic carbocycles. The summed E-state index contributed by atoms with van der Waals surface area (Å²) in [5, 5.41) is 0. The van der Waals surface area contributed by atoms with E-state index < -0.39 is 13.4 Å². The first-order chi connectivity index (χ1) is 5.56. The number of hydrogen-bond donors (Lipinski definition) is 0. The largest absolute Gasteiger partial charge is 0.460 e. The van der Waals surface area contributed by atoms with Crippen LogP contribution in [0, 0.1) is 0 Å². The Morgan fingerprint density at radius 3 is 2.75 bits per heavy atom. The summed E-state index contributed by atoms with van der Waals surface area (Å²) in [6, 6.07) is 0.759. The molecular weight excluding hydrogens is 215 g/mol. The molecule has 0 aliphatic rings. The lowest BCUT2D eigenvalue weighted by molar-refractivity contribution is -0.142. The van der Waals surface area contributed by atoms with Gasteiger partial charge < -0.3 is 4.74 Å². The second-order valence-corrected chi connectivity index (χ2v) is 7.61. The average Bonchev–Trinajstić information content (AvgIpc) is 2.00. The van der Waals surface area contributed by atoms with Gasteiger partial charge in [-0.1, -0.05) is 6.58 Å². The van der Waals surface area contributed by atoms with Crippen molar-refractivity contribution in [2.45, 2.75) is 25.5 Å². The summed E-state index contributed by atoms with van der Waals surface area (Å²) < 4.78 is 4.90. The first-order valence-electron chi connectivity index (χ1n) is 3.67. The van der Waals surface area contributed by atoms with Crippen molar-refractivity contribution in [1.29, 1.82) is 0 Å². The minimum atomic E-state index is -1.55. The average molecular weight is 227 g/mol. The van der Waals surface area contributed by atoms with Crippen LogP contribution in [0.5, 0.6) is 0 Å². The normalized spacial score (nSPS) is 12.7. The molecule has 0 amide bonds. The van der Waals surface area contributed by atoms with E-state index in [1.807, 2.05) is 6.92 Å². The second-order valence-electron chi connectivity index (χ2n) is 2.42. The Morgan fingerprint density at radius 2 is 2.33 bits per heavy atom. The van der Waals surface area contributed by atoms with Gasteiger partial charge in [-0.25, -0.2) is 4.79 Å². The lowest BCUT2D eigenvalue weighted by Gasteiger charge is -2.10. The zero-order chi connectivity index (χ0) is 9.56. The molecular formula is C7H12Cl2O2Si. The number of carbonyl (C=O) groups is 1. The van der Waals surface area contributed by atoms with Crippen molar-refractivity contribution < 1.29 is 9.53 Å². The number of rotatable bonds is 5. The summed E-state index contributed by atoms with van der Waals surface area (Å²) in [6.45, 7) is 5.10. The van der Waals surface area contributed by atoms with E-state index in [2.05, 4.69) is 6.58 Å².